The van der Waals surface area contributed by atoms with Crippen molar-refractivity contribution >= 4 is 22.6 Å². The minimum Gasteiger partial charge on any atom is -0.481 e. The lowest BCUT2D eigenvalue weighted by molar-refractivity contribution is -0.116. The number of fused-ring (bicyclic) bond motifs is 1. The summed E-state index contributed by atoms with van der Waals surface area (Å²) in [4.78, 5) is 27.1. The summed E-state index contributed by atoms with van der Waals surface area (Å²) in [5, 5.41) is 3.98. The van der Waals surface area contributed by atoms with Crippen molar-refractivity contribution in [2.45, 2.75) is 26.3 Å². The monoisotopic (exact) mass is 419 g/mol. The van der Waals surface area contributed by atoms with Gasteiger partial charge in [0.15, 0.2) is 0 Å². The number of aromatic nitrogens is 4. The number of aromatic amines is 1. The first kappa shape index (κ1) is 20.5. The van der Waals surface area contributed by atoms with Gasteiger partial charge in [-0.1, -0.05) is 12.1 Å². The van der Waals surface area contributed by atoms with Crippen LogP contribution >= 0.6 is 0 Å². The number of ketones is 1. The smallest absolute Gasteiger partial charge is 0.218 e. The summed E-state index contributed by atoms with van der Waals surface area (Å²) < 4.78 is 19.7. The minimum atomic E-state index is -0.528. The molecule has 0 amide bonds. The second-order valence-corrected chi connectivity index (χ2v) is 7.32. The van der Waals surface area contributed by atoms with Crippen LogP contribution < -0.4 is 10.1 Å². The number of nitrogens with one attached hydrogen (secondary N) is 2. The molecule has 4 aromatic heterocycles. The number of anilines is 1. The predicted molar refractivity (Wildman–Crippen MR) is 116 cm³/mol. The zero-order chi connectivity index (χ0) is 21.8. The number of H-pyrrole nitrogens is 1. The molecule has 0 fully saturated rings. The van der Waals surface area contributed by atoms with Gasteiger partial charge in [0.2, 0.25) is 11.8 Å². The van der Waals surface area contributed by atoms with E-state index in [1.165, 1.54) is 0 Å². The van der Waals surface area contributed by atoms with Gasteiger partial charge < -0.3 is 15.0 Å². The van der Waals surface area contributed by atoms with Crippen molar-refractivity contribution in [1.29, 1.82) is 0 Å². The largest absolute Gasteiger partial charge is 0.481 e. The van der Waals surface area contributed by atoms with Crippen LogP contribution in [0.5, 0.6) is 5.88 Å². The van der Waals surface area contributed by atoms with Crippen molar-refractivity contribution in [2.24, 2.45) is 0 Å². The number of hydrogen-bond acceptors (Lipinski definition) is 6. The fraction of sp³-hybridized carbons (Fsp3) is 0.217. The number of methoxy groups -OCH3 is 1. The van der Waals surface area contributed by atoms with Gasteiger partial charge in [-0.15, -0.1) is 0 Å². The second kappa shape index (κ2) is 8.91. The molecule has 0 aliphatic carbocycles. The van der Waals surface area contributed by atoms with E-state index >= 15 is 0 Å². The van der Waals surface area contributed by atoms with E-state index in [1.54, 1.807) is 44.6 Å². The van der Waals surface area contributed by atoms with Gasteiger partial charge in [0.25, 0.3) is 0 Å². The van der Waals surface area contributed by atoms with Gasteiger partial charge in [0.1, 0.15) is 17.2 Å². The molecule has 0 aromatic carbocycles. The van der Waals surface area contributed by atoms with Gasteiger partial charge in [-0.3, -0.25) is 4.79 Å². The highest BCUT2D eigenvalue weighted by atomic mass is 19.1. The Hall–Kier alpha value is -3.81. The van der Waals surface area contributed by atoms with Crippen LogP contribution in [0.25, 0.3) is 11.0 Å². The first-order valence-electron chi connectivity index (χ1n) is 9.84. The van der Waals surface area contributed by atoms with Gasteiger partial charge in [-0.25, -0.2) is 15.0 Å². The summed E-state index contributed by atoms with van der Waals surface area (Å²) in [6.45, 7) is 2.01. The molecule has 158 valence electrons. The lowest BCUT2D eigenvalue weighted by Crippen LogP contribution is -2.04. The maximum Gasteiger partial charge on any atom is 0.218 e. The van der Waals surface area contributed by atoms with E-state index < -0.39 is 5.95 Å². The van der Waals surface area contributed by atoms with Crippen LogP contribution in [0.3, 0.4) is 0 Å². The first-order valence-corrected chi connectivity index (χ1v) is 9.84. The SMILES string of the molecule is COc1ccc(CNc2ccc(Cc3c[nH]c4ncc(CC(C)=O)cc34)c(F)n2)cn1. The van der Waals surface area contributed by atoms with E-state index in [4.69, 9.17) is 4.74 Å². The van der Waals surface area contributed by atoms with Crippen LogP contribution in [-0.4, -0.2) is 32.8 Å². The Labute approximate surface area is 178 Å². The highest BCUT2D eigenvalue weighted by Gasteiger charge is 2.12. The molecule has 4 aromatic rings. The van der Waals surface area contributed by atoms with E-state index in [-0.39, 0.29) is 5.78 Å². The van der Waals surface area contributed by atoms with Crippen LogP contribution in [0.4, 0.5) is 10.2 Å². The molecule has 0 saturated heterocycles. The molecule has 4 rings (SSSR count). The fourth-order valence-corrected chi connectivity index (χ4v) is 3.36. The van der Waals surface area contributed by atoms with Gasteiger partial charge in [0, 0.05) is 55.0 Å². The standard InChI is InChI=1S/C23H22FN5O2/c1-14(30)7-16-8-19-18(13-28-23(19)27-12-16)9-17-4-5-20(29-22(17)24)25-10-15-3-6-21(31-2)26-11-15/h3-6,8,11-13H,7,9-10H2,1-2H3,(H,25,29)(H,27,28). The van der Waals surface area contributed by atoms with Gasteiger partial charge in [-0.05, 0) is 35.7 Å². The molecular weight excluding hydrogens is 397 g/mol. The Morgan fingerprint density at radius 1 is 1.13 bits per heavy atom. The van der Waals surface area contributed by atoms with Gasteiger partial charge in [-0.2, -0.15) is 4.39 Å². The van der Waals surface area contributed by atoms with Crippen molar-refractivity contribution in [3.63, 3.8) is 0 Å². The van der Waals surface area contributed by atoms with E-state index in [0.29, 0.717) is 42.3 Å². The number of nitrogens with zero attached hydrogens (tertiary/aromatic N) is 3. The van der Waals surface area contributed by atoms with Crippen LogP contribution in [-0.2, 0) is 24.2 Å². The molecule has 0 aliphatic rings. The number of carbonyl (C=O) groups excluding carboxylic acids is 1. The summed E-state index contributed by atoms with van der Waals surface area (Å²) in [5.74, 6) is 0.529. The number of halogens is 1. The molecule has 0 bridgehead atoms. The Morgan fingerprint density at radius 2 is 1.97 bits per heavy atom. The Morgan fingerprint density at radius 3 is 2.68 bits per heavy atom. The highest BCUT2D eigenvalue weighted by Crippen LogP contribution is 2.23. The summed E-state index contributed by atoms with van der Waals surface area (Å²) in [6, 6.07) is 9.06. The average Bonchev–Trinajstić information content (AvgIpc) is 3.16. The van der Waals surface area contributed by atoms with E-state index in [1.807, 2.05) is 18.3 Å². The molecule has 0 unspecified atom stereocenters. The molecule has 2 N–H and O–H groups in total. The highest BCUT2D eigenvalue weighted by molar-refractivity contribution is 5.83. The lowest BCUT2D eigenvalue weighted by atomic mass is 10.0. The third kappa shape index (κ3) is 4.85. The van der Waals surface area contributed by atoms with Crippen molar-refractivity contribution in [2.75, 3.05) is 12.4 Å². The number of Topliss-reactive ketones (excluding diaryl/α,β-unsaturated/α-hetero) is 1. The van der Waals surface area contributed by atoms with Crippen molar-refractivity contribution in [3.8, 4) is 5.88 Å². The Bertz CT molecular complexity index is 1220. The third-order valence-corrected chi connectivity index (χ3v) is 4.91. The van der Waals surface area contributed by atoms with Crippen LogP contribution in [0.2, 0.25) is 0 Å². The summed E-state index contributed by atoms with van der Waals surface area (Å²) >= 11 is 0. The maximum absolute atomic E-state index is 14.7. The number of rotatable bonds is 8. The molecule has 7 nitrogen and oxygen atoms in total. The minimum absolute atomic E-state index is 0.0713. The van der Waals surface area contributed by atoms with Gasteiger partial charge in [0.05, 0.1) is 7.11 Å². The fourth-order valence-electron chi connectivity index (χ4n) is 3.36. The molecule has 8 heteroatoms. The zero-order valence-corrected chi connectivity index (χ0v) is 17.3. The first-order chi connectivity index (χ1) is 15.0. The molecule has 0 saturated carbocycles. The lowest BCUT2D eigenvalue weighted by Gasteiger charge is -2.08. The summed E-state index contributed by atoms with van der Waals surface area (Å²) in [7, 11) is 1.56. The van der Waals surface area contributed by atoms with Crippen LogP contribution in [0.15, 0.2) is 48.9 Å². The predicted octanol–water partition coefficient (Wildman–Crippen LogP) is 3.84. The second-order valence-electron chi connectivity index (χ2n) is 7.32. The molecular formula is C23H22FN5O2. The third-order valence-electron chi connectivity index (χ3n) is 4.91. The number of hydrogen-bond donors (Lipinski definition) is 2. The van der Waals surface area contributed by atoms with E-state index in [9.17, 15) is 9.18 Å². The maximum atomic E-state index is 14.7. The number of ether oxygens (including phenoxy) is 1. The molecule has 0 radical (unpaired) electrons. The molecule has 31 heavy (non-hydrogen) atoms. The van der Waals surface area contributed by atoms with Crippen LogP contribution in [0.1, 0.15) is 29.2 Å². The zero-order valence-electron chi connectivity index (χ0n) is 17.3. The molecule has 4 heterocycles. The Kier molecular flexibility index (Phi) is 5.88. The van der Waals surface area contributed by atoms with E-state index in [2.05, 4.69) is 25.3 Å². The van der Waals surface area contributed by atoms with Crippen molar-refractivity contribution in [1.82, 2.24) is 19.9 Å². The topological polar surface area (TPSA) is 92.8 Å². The summed E-state index contributed by atoms with van der Waals surface area (Å²) in [6.07, 6.45) is 5.89. The molecule has 0 atom stereocenters. The summed E-state index contributed by atoms with van der Waals surface area (Å²) in [5.41, 5.74) is 3.86. The Balaban J connectivity index is 1.47. The van der Waals surface area contributed by atoms with Gasteiger partial charge >= 0.3 is 0 Å². The average molecular weight is 419 g/mol. The molecule has 0 spiro atoms. The van der Waals surface area contributed by atoms with Crippen LogP contribution in [0, 0.1) is 5.95 Å². The van der Waals surface area contributed by atoms with E-state index in [0.717, 1.165) is 22.1 Å². The molecule has 0 aliphatic heterocycles. The quantitative estimate of drug-likeness (QED) is 0.422. The van der Waals surface area contributed by atoms with Crippen molar-refractivity contribution in [3.05, 3.63) is 77.1 Å². The normalized spacial score (nSPS) is 10.9. The number of pyridine rings is 3. The number of carbonyl (C=O) groups is 1. The van der Waals surface area contributed by atoms with Crippen molar-refractivity contribution < 1.29 is 13.9 Å².